The number of halogens is 2. The van der Waals surface area contributed by atoms with E-state index in [0.717, 1.165) is 31.7 Å². The highest BCUT2D eigenvalue weighted by molar-refractivity contribution is 5.85. The van der Waals surface area contributed by atoms with Crippen LogP contribution in [0.4, 0.5) is 0 Å². The third-order valence-electron chi connectivity index (χ3n) is 5.65. The van der Waals surface area contributed by atoms with Crippen molar-refractivity contribution in [3.8, 4) is 0 Å². The fourth-order valence-electron chi connectivity index (χ4n) is 4.39. The first-order valence-electron chi connectivity index (χ1n) is 9.55. The summed E-state index contributed by atoms with van der Waals surface area (Å²) in [5.74, 6) is 1.02. The number of nitrogens with zero attached hydrogens (tertiary/aromatic N) is 2. The number of nitrogens with one attached hydrogen (secondary N) is 1. The van der Waals surface area contributed by atoms with Crippen molar-refractivity contribution in [2.24, 2.45) is 5.92 Å². The fourth-order valence-corrected chi connectivity index (χ4v) is 4.39. The molecule has 0 spiro atoms. The van der Waals surface area contributed by atoms with Gasteiger partial charge in [-0.3, -0.25) is 9.69 Å². The molecule has 2 atom stereocenters. The summed E-state index contributed by atoms with van der Waals surface area (Å²) in [6, 6.07) is 14.3. The van der Waals surface area contributed by atoms with Gasteiger partial charge in [0.05, 0.1) is 6.61 Å². The maximum absolute atomic E-state index is 13.1. The number of aromatic nitrogens is 1. The van der Waals surface area contributed by atoms with Crippen LogP contribution in [0.5, 0.6) is 0 Å². The predicted molar refractivity (Wildman–Crippen MR) is 117 cm³/mol. The highest BCUT2D eigenvalue weighted by Gasteiger charge is 2.31. The number of hydrogen-bond donors (Lipinski definition) is 2. The molecule has 5 nitrogen and oxygen atoms in total. The van der Waals surface area contributed by atoms with E-state index in [1.165, 1.54) is 17.7 Å². The quantitative estimate of drug-likeness (QED) is 0.745. The number of aliphatic hydroxyl groups is 1. The van der Waals surface area contributed by atoms with Crippen LogP contribution in [-0.4, -0.2) is 40.8 Å². The lowest BCUT2D eigenvalue weighted by Gasteiger charge is -2.37. The van der Waals surface area contributed by atoms with Crippen LogP contribution < -0.4 is 10.9 Å². The normalized spacial score (nSPS) is 20.1. The van der Waals surface area contributed by atoms with Gasteiger partial charge in [-0.2, -0.15) is 0 Å². The Balaban J connectivity index is 0.00000140. The Morgan fingerprint density at radius 3 is 2.61 bits per heavy atom. The highest BCUT2D eigenvalue weighted by atomic mass is 35.5. The first-order chi connectivity index (χ1) is 12.7. The topological polar surface area (TPSA) is 57.5 Å². The van der Waals surface area contributed by atoms with Gasteiger partial charge in [0.15, 0.2) is 0 Å². The Labute approximate surface area is 178 Å². The summed E-state index contributed by atoms with van der Waals surface area (Å²) in [6.07, 6.45) is 1.19. The summed E-state index contributed by atoms with van der Waals surface area (Å²) in [5.41, 5.74) is 3.35. The summed E-state index contributed by atoms with van der Waals surface area (Å²) in [6.45, 7) is 4.77. The van der Waals surface area contributed by atoms with Crippen molar-refractivity contribution < 1.29 is 5.11 Å². The van der Waals surface area contributed by atoms with Gasteiger partial charge in [-0.25, -0.2) is 0 Å². The van der Waals surface area contributed by atoms with Crippen LogP contribution in [-0.2, 0) is 19.6 Å². The van der Waals surface area contributed by atoms with Crippen molar-refractivity contribution in [3.63, 3.8) is 0 Å². The minimum Gasteiger partial charge on any atom is -0.395 e. The van der Waals surface area contributed by atoms with Crippen molar-refractivity contribution in [3.05, 3.63) is 69.6 Å². The van der Waals surface area contributed by atoms with Gasteiger partial charge in [-0.1, -0.05) is 36.4 Å². The van der Waals surface area contributed by atoms with Crippen LogP contribution in [0.2, 0.25) is 0 Å². The molecule has 0 unspecified atom stereocenters. The second-order valence-corrected chi connectivity index (χ2v) is 7.58. The first kappa shape index (κ1) is 22.9. The molecule has 2 aromatic rings. The van der Waals surface area contributed by atoms with Crippen molar-refractivity contribution in [1.29, 1.82) is 0 Å². The summed E-state index contributed by atoms with van der Waals surface area (Å²) in [7, 11) is 0. The Bertz CT molecular complexity index is 813. The molecular weight excluding hydrogens is 397 g/mol. The van der Waals surface area contributed by atoms with Gasteiger partial charge in [0.2, 0.25) is 0 Å². The zero-order valence-electron chi connectivity index (χ0n) is 15.9. The van der Waals surface area contributed by atoms with E-state index in [2.05, 4.69) is 28.4 Å². The lowest BCUT2D eigenvalue weighted by molar-refractivity contribution is 0.183. The van der Waals surface area contributed by atoms with Crippen LogP contribution in [0.1, 0.15) is 29.2 Å². The molecule has 0 radical (unpaired) electrons. The largest absolute Gasteiger partial charge is 0.395 e. The summed E-state index contributed by atoms with van der Waals surface area (Å²) < 4.78 is 2.01. The summed E-state index contributed by atoms with van der Waals surface area (Å²) in [5, 5.41) is 12.9. The molecule has 154 valence electrons. The van der Waals surface area contributed by atoms with Crippen LogP contribution in [0.25, 0.3) is 0 Å². The summed E-state index contributed by atoms with van der Waals surface area (Å²) in [4.78, 5) is 15.2. The molecule has 2 aliphatic heterocycles. The van der Waals surface area contributed by atoms with Crippen LogP contribution >= 0.6 is 24.8 Å². The maximum Gasteiger partial charge on any atom is 0.255 e. The van der Waals surface area contributed by atoms with Crippen molar-refractivity contribution in [2.75, 3.05) is 26.2 Å². The Hall–Kier alpha value is -1.37. The molecule has 0 saturated carbocycles. The van der Waals surface area contributed by atoms with E-state index in [4.69, 9.17) is 0 Å². The predicted octanol–water partition coefficient (Wildman–Crippen LogP) is 2.39. The van der Waals surface area contributed by atoms with E-state index >= 15 is 0 Å². The second kappa shape index (κ2) is 10.4. The van der Waals surface area contributed by atoms with E-state index < -0.39 is 0 Å². The molecule has 2 bridgehead atoms. The SMILES string of the molecule is Cl.Cl.O=c1c(CN(CCO)Cc2ccccc2)ccc2n1C[C@@H]1CNC[C@H]2C1. The van der Waals surface area contributed by atoms with E-state index in [0.29, 0.717) is 24.9 Å². The maximum atomic E-state index is 13.1. The second-order valence-electron chi connectivity index (χ2n) is 7.58. The Morgan fingerprint density at radius 2 is 1.86 bits per heavy atom. The Kier molecular flexibility index (Phi) is 8.53. The number of piperidine rings is 1. The molecule has 1 fully saturated rings. The molecule has 2 N–H and O–H groups in total. The summed E-state index contributed by atoms with van der Waals surface area (Å²) >= 11 is 0. The standard InChI is InChI=1S/C21H27N3O2.2ClH/c25-9-8-23(13-16-4-2-1-3-5-16)15-18-6-7-20-19-10-17(11-22-12-19)14-24(20)21(18)26;;/h1-7,17,19,22,25H,8-15H2;2*1H/t17-,19+;;/m0../s1. The average molecular weight is 426 g/mol. The van der Waals surface area contributed by atoms with Gasteiger partial charge in [0.25, 0.3) is 5.56 Å². The van der Waals surface area contributed by atoms with Crippen LogP contribution in [0.3, 0.4) is 0 Å². The molecule has 0 amide bonds. The number of aliphatic hydroxyl groups excluding tert-OH is 1. The minimum atomic E-state index is 0. The van der Waals surface area contributed by atoms with Crippen molar-refractivity contribution >= 4 is 24.8 Å². The molecule has 1 aromatic heterocycles. The molecule has 3 heterocycles. The van der Waals surface area contributed by atoms with Gasteiger partial charge >= 0.3 is 0 Å². The third-order valence-corrected chi connectivity index (χ3v) is 5.65. The lowest BCUT2D eigenvalue weighted by atomic mass is 9.84. The number of rotatable bonds is 6. The fraction of sp³-hybridized carbons (Fsp3) is 0.476. The average Bonchev–Trinajstić information content (AvgIpc) is 2.66. The molecule has 0 aliphatic carbocycles. The molecule has 28 heavy (non-hydrogen) atoms. The zero-order valence-corrected chi connectivity index (χ0v) is 17.6. The van der Waals surface area contributed by atoms with Gasteiger partial charge in [0.1, 0.15) is 0 Å². The van der Waals surface area contributed by atoms with Crippen LogP contribution in [0.15, 0.2) is 47.3 Å². The monoisotopic (exact) mass is 425 g/mol. The molecular formula is C21H29Cl2N3O2. The van der Waals surface area contributed by atoms with Crippen LogP contribution in [0, 0.1) is 5.92 Å². The highest BCUT2D eigenvalue weighted by Crippen LogP contribution is 2.31. The van der Waals surface area contributed by atoms with Gasteiger partial charge < -0.3 is 15.0 Å². The Morgan fingerprint density at radius 1 is 1.07 bits per heavy atom. The number of fused-ring (bicyclic) bond motifs is 4. The van der Waals surface area contributed by atoms with Crippen molar-refractivity contribution in [2.45, 2.75) is 32.0 Å². The van der Waals surface area contributed by atoms with E-state index in [1.807, 2.05) is 28.8 Å². The molecule has 1 aromatic carbocycles. The van der Waals surface area contributed by atoms with Gasteiger partial charge in [0, 0.05) is 49.9 Å². The molecule has 1 saturated heterocycles. The third kappa shape index (κ3) is 4.97. The zero-order chi connectivity index (χ0) is 17.9. The lowest BCUT2D eigenvalue weighted by Crippen LogP contribution is -2.45. The minimum absolute atomic E-state index is 0. The van der Waals surface area contributed by atoms with Crippen molar-refractivity contribution in [1.82, 2.24) is 14.8 Å². The molecule has 4 rings (SSSR count). The van der Waals surface area contributed by atoms with E-state index in [-0.39, 0.29) is 37.0 Å². The molecule has 2 aliphatic rings. The van der Waals surface area contributed by atoms with E-state index in [1.54, 1.807) is 0 Å². The van der Waals surface area contributed by atoms with E-state index in [9.17, 15) is 9.90 Å². The molecule has 7 heteroatoms. The number of pyridine rings is 1. The van der Waals surface area contributed by atoms with Gasteiger partial charge in [-0.05, 0) is 30.5 Å². The first-order valence-corrected chi connectivity index (χ1v) is 9.55. The smallest absolute Gasteiger partial charge is 0.255 e. The number of hydrogen-bond acceptors (Lipinski definition) is 4. The van der Waals surface area contributed by atoms with Gasteiger partial charge in [-0.15, -0.1) is 24.8 Å². The number of benzene rings is 1.